The molecule has 1 aliphatic heterocycles. The lowest BCUT2D eigenvalue weighted by molar-refractivity contribution is 0.0728. The number of fused-ring (bicyclic) bond motifs is 1. The predicted molar refractivity (Wildman–Crippen MR) is 88.8 cm³/mol. The van der Waals surface area contributed by atoms with Gasteiger partial charge in [-0.3, -0.25) is 14.0 Å². The van der Waals surface area contributed by atoms with Crippen LogP contribution in [-0.2, 0) is 0 Å². The highest BCUT2D eigenvalue weighted by molar-refractivity contribution is 7.15. The number of nitrogens with zero attached hydrogens (tertiary/aromatic N) is 3. The topological polar surface area (TPSA) is 54.7 Å². The summed E-state index contributed by atoms with van der Waals surface area (Å²) in [4.78, 5) is 31.0. The summed E-state index contributed by atoms with van der Waals surface area (Å²) < 4.78 is 14.8. The van der Waals surface area contributed by atoms with E-state index in [1.165, 1.54) is 29.5 Å². The molecule has 1 fully saturated rings. The Morgan fingerprint density at radius 1 is 1.29 bits per heavy atom. The minimum absolute atomic E-state index is 0.101. The van der Waals surface area contributed by atoms with Gasteiger partial charge in [-0.2, -0.15) is 4.98 Å². The van der Waals surface area contributed by atoms with Gasteiger partial charge in [0.25, 0.3) is 11.5 Å². The first-order valence-corrected chi connectivity index (χ1v) is 8.55. The molecule has 4 rings (SSSR count). The molecule has 5 nitrogen and oxygen atoms in total. The Kier molecular flexibility index (Phi) is 3.65. The van der Waals surface area contributed by atoms with Gasteiger partial charge < -0.3 is 4.90 Å². The average molecular weight is 343 g/mol. The number of aromatic nitrogens is 2. The largest absolute Gasteiger partial charge is 0.330 e. The molecular weight excluding hydrogens is 329 g/mol. The first-order chi connectivity index (χ1) is 11.6. The fourth-order valence-corrected chi connectivity index (χ4v) is 3.92. The fraction of sp³-hybridized carbons (Fsp3) is 0.235. The second kappa shape index (κ2) is 5.83. The summed E-state index contributed by atoms with van der Waals surface area (Å²) in [5.41, 5.74) is 0.809. The van der Waals surface area contributed by atoms with Gasteiger partial charge in [-0.1, -0.05) is 12.1 Å². The van der Waals surface area contributed by atoms with Crippen molar-refractivity contribution in [3.8, 4) is 0 Å². The molecule has 3 heterocycles. The van der Waals surface area contributed by atoms with E-state index in [4.69, 9.17) is 0 Å². The van der Waals surface area contributed by atoms with E-state index in [0.29, 0.717) is 17.2 Å². The molecule has 1 saturated heterocycles. The minimum Gasteiger partial charge on any atom is -0.330 e. The van der Waals surface area contributed by atoms with E-state index in [9.17, 15) is 14.0 Å². The van der Waals surface area contributed by atoms with Crippen LogP contribution in [0.1, 0.15) is 34.9 Å². The first kappa shape index (κ1) is 15.0. The Balaban J connectivity index is 1.73. The first-order valence-electron chi connectivity index (χ1n) is 7.67. The summed E-state index contributed by atoms with van der Waals surface area (Å²) in [6.07, 6.45) is 3.44. The average Bonchev–Trinajstić information content (AvgIpc) is 3.22. The van der Waals surface area contributed by atoms with Crippen LogP contribution in [0.5, 0.6) is 0 Å². The normalized spacial score (nSPS) is 17.5. The molecule has 2 aromatic heterocycles. The van der Waals surface area contributed by atoms with Crippen molar-refractivity contribution in [2.24, 2.45) is 0 Å². The van der Waals surface area contributed by atoms with Crippen LogP contribution in [-0.4, -0.2) is 26.7 Å². The lowest BCUT2D eigenvalue weighted by Gasteiger charge is -2.25. The van der Waals surface area contributed by atoms with E-state index in [1.807, 2.05) is 0 Å². The van der Waals surface area contributed by atoms with Crippen molar-refractivity contribution >= 4 is 22.2 Å². The smallest absolute Gasteiger partial charge is 0.274 e. The van der Waals surface area contributed by atoms with Crippen molar-refractivity contribution in [2.75, 3.05) is 6.54 Å². The molecule has 0 radical (unpaired) electrons. The van der Waals surface area contributed by atoms with Crippen LogP contribution in [0.3, 0.4) is 0 Å². The molecule has 7 heteroatoms. The van der Waals surface area contributed by atoms with Crippen molar-refractivity contribution < 1.29 is 9.18 Å². The lowest BCUT2D eigenvalue weighted by atomic mass is 10.0. The van der Waals surface area contributed by atoms with E-state index < -0.39 is 5.56 Å². The molecule has 3 aromatic rings. The highest BCUT2D eigenvalue weighted by atomic mass is 32.1. The summed E-state index contributed by atoms with van der Waals surface area (Å²) in [6, 6.07) is 7.42. The summed E-state index contributed by atoms with van der Waals surface area (Å²) in [5.74, 6) is -0.495. The van der Waals surface area contributed by atoms with Gasteiger partial charge in [-0.05, 0) is 30.5 Å². The van der Waals surface area contributed by atoms with Crippen LogP contribution in [0, 0.1) is 5.82 Å². The van der Waals surface area contributed by atoms with E-state index in [-0.39, 0.29) is 17.8 Å². The van der Waals surface area contributed by atoms with Gasteiger partial charge in [0.1, 0.15) is 11.5 Å². The summed E-state index contributed by atoms with van der Waals surface area (Å²) in [7, 11) is 0. The maximum atomic E-state index is 13.2. The Hall–Kier alpha value is -2.54. The third-order valence-electron chi connectivity index (χ3n) is 4.30. The van der Waals surface area contributed by atoms with Gasteiger partial charge in [0.2, 0.25) is 0 Å². The number of halogens is 1. The van der Waals surface area contributed by atoms with Gasteiger partial charge in [0, 0.05) is 24.2 Å². The van der Waals surface area contributed by atoms with Crippen molar-refractivity contribution in [2.45, 2.75) is 18.9 Å². The SMILES string of the molecule is O=C(c1cc(=O)nc2sccn12)N1CCCC1c1ccc(F)cc1. The molecule has 1 aromatic carbocycles. The Morgan fingerprint density at radius 3 is 2.88 bits per heavy atom. The van der Waals surface area contributed by atoms with Gasteiger partial charge in [-0.25, -0.2) is 4.39 Å². The van der Waals surface area contributed by atoms with E-state index in [0.717, 1.165) is 18.4 Å². The zero-order valence-corrected chi connectivity index (χ0v) is 13.5. The third-order valence-corrected chi connectivity index (χ3v) is 5.06. The van der Waals surface area contributed by atoms with Crippen LogP contribution in [0.4, 0.5) is 4.39 Å². The van der Waals surface area contributed by atoms with Crippen molar-refractivity contribution in [3.63, 3.8) is 0 Å². The molecule has 0 aliphatic carbocycles. The Bertz CT molecular complexity index is 964. The molecule has 1 unspecified atom stereocenters. The fourth-order valence-electron chi connectivity index (χ4n) is 3.20. The Labute approximate surface area is 141 Å². The quantitative estimate of drug-likeness (QED) is 0.719. The zero-order chi connectivity index (χ0) is 16.7. The van der Waals surface area contributed by atoms with Crippen LogP contribution >= 0.6 is 11.3 Å². The molecule has 1 amide bonds. The van der Waals surface area contributed by atoms with E-state index in [1.54, 1.807) is 33.0 Å². The number of rotatable bonds is 2. The number of hydrogen-bond donors (Lipinski definition) is 0. The van der Waals surface area contributed by atoms with Crippen LogP contribution < -0.4 is 5.56 Å². The molecule has 1 aliphatic rings. The lowest BCUT2D eigenvalue weighted by Crippen LogP contribution is -2.32. The number of amides is 1. The molecule has 1 atom stereocenters. The molecule has 0 spiro atoms. The Morgan fingerprint density at radius 2 is 2.08 bits per heavy atom. The van der Waals surface area contributed by atoms with E-state index in [2.05, 4.69) is 4.98 Å². The van der Waals surface area contributed by atoms with Crippen molar-refractivity contribution in [3.05, 3.63) is 69.3 Å². The van der Waals surface area contributed by atoms with Crippen molar-refractivity contribution in [1.82, 2.24) is 14.3 Å². The predicted octanol–water partition coefficient (Wildman–Crippen LogP) is 2.87. The van der Waals surface area contributed by atoms with Crippen LogP contribution in [0.25, 0.3) is 4.96 Å². The molecule has 122 valence electrons. The maximum Gasteiger partial charge on any atom is 0.274 e. The van der Waals surface area contributed by atoms with Crippen LogP contribution in [0.2, 0.25) is 0 Å². The van der Waals surface area contributed by atoms with Gasteiger partial charge >= 0.3 is 0 Å². The molecular formula is C17H14FN3O2S. The van der Waals surface area contributed by atoms with Crippen LogP contribution in [0.15, 0.2) is 46.7 Å². The number of carbonyl (C=O) groups is 1. The van der Waals surface area contributed by atoms with Gasteiger partial charge in [0.05, 0.1) is 6.04 Å². The molecule has 0 bridgehead atoms. The number of hydrogen-bond acceptors (Lipinski definition) is 4. The summed E-state index contributed by atoms with van der Waals surface area (Å²) in [5, 5.41) is 1.79. The summed E-state index contributed by atoms with van der Waals surface area (Å²) in [6.45, 7) is 0.615. The van der Waals surface area contributed by atoms with Gasteiger partial charge in [-0.15, -0.1) is 11.3 Å². The van der Waals surface area contributed by atoms with Gasteiger partial charge in [0.15, 0.2) is 4.96 Å². The summed E-state index contributed by atoms with van der Waals surface area (Å²) >= 11 is 1.31. The molecule has 0 N–H and O–H groups in total. The highest BCUT2D eigenvalue weighted by Gasteiger charge is 2.31. The second-order valence-electron chi connectivity index (χ2n) is 5.74. The molecule has 0 saturated carbocycles. The minimum atomic E-state index is -0.418. The number of thiazole rings is 1. The third kappa shape index (κ3) is 2.50. The van der Waals surface area contributed by atoms with E-state index >= 15 is 0 Å². The standard InChI is InChI=1S/C17H14FN3O2S/c18-12-5-3-11(4-6-12)13-2-1-7-20(13)16(23)14-10-15(22)19-17-21(14)8-9-24-17/h3-6,8-10,13H,1-2,7H2. The number of benzene rings is 1. The maximum absolute atomic E-state index is 13.2. The highest BCUT2D eigenvalue weighted by Crippen LogP contribution is 2.33. The number of likely N-dealkylation sites (tertiary alicyclic amines) is 1. The monoisotopic (exact) mass is 343 g/mol. The second-order valence-corrected chi connectivity index (χ2v) is 6.62. The number of carbonyl (C=O) groups excluding carboxylic acids is 1. The zero-order valence-electron chi connectivity index (χ0n) is 12.7. The van der Waals surface area contributed by atoms with Crippen molar-refractivity contribution in [1.29, 1.82) is 0 Å². The molecule has 24 heavy (non-hydrogen) atoms.